The number of halogens is 2. The number of benzene rings is 1. The van der Waals surface area contributed by atoms with Crippen molar-refractivity contribution < 1.29 is 18.3 Å². The van der Waals surface area contributed by atoms with Gasteiger partial charge in [0.15, 0.2) is 0 Å². The van der Waals surface area contributed by atoms with Crippen LogP contribution in [0.2, 0.25) is 0 Å². The highest BCUT2D eigenvalue weighted by atomic mass is 19.1. The Morgan fingerprint density at radius 3 is 2.50 bits per heavy atom. The van der Waals surface area contributed by atoms with Gasteiger partial charge in [-0.2, -0.15) is 0 Å². The molecular formula is C17H17F2N3O2. The molecule has 0 bridgehead atoms. The molecule has 1 heterocycles. The molecule has 1 fully saturated rings. The van der Waals surface area contributed by atoms with Gasteiger partial charge >= 0.3 is 6.01 Å². The normalized spacial score (nSPS) is 20.4. The quantitative estimate of drug-likeness (QED) is 0.934. The molecule has 1 aromatic carbocycles. The van der Waals surface area contributed by atoms with Crippen LogP contribution < -0.4 is 10.1 Å². The Bertz CT molecular complexity index is 704. The van der Waals surface area contributed by atoms with Crippen LogP contribution >= 0.6 is 0 Å². The number of carbonyl (C=O) groups excluding carboxylic acids is 1. The van der Waals surface area contributed by atoms with E-state index in [0.29, 0.717) is 24.9 Å². The van der Waals surface area contributed by atoms with E-state index in [4.69, 9.17) is 4.74 Å². The Kier molecular flexibility index (Phi) is 4.98. The molecular weight excluding hydrogens is 316 g/mol. The van der Waals surface area contributed by atoms with Gasteiger partial charge in [-0.25, -0.2) is 18.7 Å². The lowest BCUT2D eigenvalue weighted by molar-refractivity contribution is 0.0881. The first-order valence-electron chi connectivity index (χ1n) is 7.81. The molecule has 1 aromatic heterocycles. The number of ether oxygens (including phenoxy) is 1. The zero-order valence-electron chi connectivity index (χ0n) is 12.9. The number of carbonyl (C=O) groups is 1. The van der Waals surface area contributed by atoms with Gasteiger partial charge in [-0.15, -0.1) is 0 Å². The van der Waals surface area contributed by atoms with E-state index in [-0.39, 0.29) is 17.7 Å². The molecule has 1 aliphatic carbocycles. The van der Waals surface area contributed by atoms with E-state index >= 15 is 0 Å². The fourth-order valence-corrected chi connectivity index (χ4v) is 2.76. The van der Waals surface area contributed by atoms with Crippen LogP contribution in [0.15, 0.2) is 36.7 Å². The van der Waals surface area contributed by atoms with Crippen molar-refractivity contribution >= 4 is 5.91 Å². The molecule has 5 nitrogen and oxygen atoms in total. The van der Waals surface area contributed by atoms with Crippen LogP contribution in [0, 0.1) is 11.6 Å². The monoisotopic (exact) mass is 333 g/mol. The van der Waals surface area contributed by atoms with Gasteiger partial charge in [0.2, 0.25) is 0 Å². The zero-order chi connectivity index (χ0) is 16.9. The van der Waals surface area contributed by atoms with E-state index in [9.17, 15) is 13.6 Å². The average Bonchev–Trinajstić information content (AvgIpc) is 2.57. The molecule has 1 saturated carbocycles. The summed E-state index contributed by atoms with van der Waals surface area (Å²) in [5, 5.41) is 2.79. The summed E-state index contributed by atoms with van der Waals surface area (Å²) in [6.45, 7) is 0. The second kappa shape index (κ2) is 7.33. The molecule has 7 heteroatoms. The predicted octanol–water partition coefficient (Wildman–Crippen LogP) is 2.87. The molecule has 3 rings (SSSR count). The number of hydrogen-bond acceptors (Lipinski definition) is 4. The maximum absolute atomic E-state index is 13.6. The van der Waals surface area contributed by atoms with Crippen LogP contribution in [0.1, 0.15) is 36.0 Å². The first kappa shape index (κ1) is 16.3. The minimum atomic E-state index is -0.856. The third-order valence-electron chi connectivity index (χ3n) is 4.00. The summed E-state index contributed by atoms with van der Waals surface area (Å²) in [4.78, 5) is 20.1. The Morgan fingerprint density at radius 1 is 1.12 bits per heavy atom. The van der Waals surface area contributed by atoms with Gasteiger partial charge in [0.25, 0.3) is 5.91 Å². The highest BCUT2D eigenvalue weighted by Crippen LogP contribution is 2.22. The molecule has 0 saturated heterocycles. The van der Waals surface area contributed by atoms with Crippen molar-refractivity contribution in [2.45, 2.75) is 37.8 Å². The second-order valence-electron chi connectivity index (χ2n) is 5.72. The Morgan fingerprint density at radius 2 is 1.83 bits per heavy atom. The molecule has 1 amide bonds. The zero-order valence-corrected chi connectivity index (χ0v) is 12.9. The second-order valence-corrected chi connectivity index (χ2v) is 5.72. The van der Waals surface area contributed by atoms with Gasteiger partial charge < -0.3 is 10.1 Å². The largest absolute Gasteiger partial charge is 0.460 e. The molecule has 126 valence electrons. The molecule has 0 radical (unpaired) electrons. The van der Waals surface area contributed by atoms with Gasteiger partial charge in [0, 0.05) is 24.5 Å². The van der Waals surface area contributed by atoms with Gasteiger partial charge in [0.1, 0.15) is 17.7 Å². The van der Waals surface area contributed by atoms with Crippen LogP contribution in [-0.4, -0.2) is 28.0 Å². The van der Waals surface area contributed by atoms with E-state index in [1.807, 2.05) is 0 Å². The fourth-order valence-electron chi connectivity index (χ4n) is 2.76. The van der Waals surface area contributed by atoms with E-state index in [1.54, 1.807) is 18.5 Å². The third-order valence-corrected chi connectivity index (χ3v) is 4.00. The summed E-state index contributed by atoms with van der Waals surface area (Å²) in [6.07, 6.45) is 6.15. The van der Waals surface area contributed by atoms with E-state index < -0.39 is 17.5 Å². The number of rotatable bonds is 4. The lowest BCUT2D eigenvalue weighted by Crippen LogP contribution is -2.40. The molecule has 0 atom stereocenters. The summed E-state index contributed by atoms with van der Waals surface area (Å²) in [5.74, 6) is -2.08. The maximum atomic E-state index is 13.6. The van der Waals surface area contributed by atoms with Crippen molar-refractivity contribution in [1.29, 1.82) is 0 Å². The minimum absolute atomic E-state index is 0.00288. The number of aromatic nitrogens is 2. The average molecular weight is 333 g/mol. The third kappa shape index (κ3) is 4.04. The molecule has 2 aromatic rings. The van der Waals surface area contributed by atoms with Crippen LogP contribution in [0.3, 0.4) is 0 Å². The standard InChI is InChI=1S/C17H17F2N3O2/c18-11-2-7-14(15(19)10-11)16(23)22-12-3-5-13(6-4-12)24-17-20-8-1-9-21-17/h1-2,7-10,12-13H,3-6H2,(H,22,23). The van der Waals surface area contributed by atoms with Crippen molar-refractivity contribution in [2.75, 3.05) is 0 Å². The topological polar surface area (TPSA) is 64.1 Å². The number of amides is 1. The van der Waals surface area contributed by atoms with E-state index in [2.05, 4.69) is 15.3 Å². The van der Waals surface area contributed by atoms with E-state index in [1.165, 1.54) is 0 Å². The lowest BCUT2D eigenvalue weighted by atomic mass is 9.92. The van der Waals surface area contributed by atoms with Crippen LogP contribution in [0.25, 0.3) is 0 Å². The summed E-state index contributed by atoms with van der Waals surface area (Å²) in [6, 6.07) is 4.94. The van der Waals surface area contributed by atoms with Gasteiger partial charge in [-0.05, 0) is 43.9 Å². The SMILES string of the molecule is O=C(NC1CCC(Oc2ncccn2)CC1)c1ccc(F)cc1F. The van der Waals surface area contributed by atoms with Crippen molar-refractivity contribution in [3.63, 3.8) is 0 Å². The Balaban J connectivity index is 1.51. The number of nitrogens with one attached hydrogen (secondary N) is 1. The molecule has 1 aliphatic rings. The predicted molar refractivity (Wildman–Crippen MR) is 82.5 cm³/mol. The fraction of sp³-hybridized carbons (Fsp3) is 0.353. The van der Waals surface area contributed by atoms with Crippen molar-refractivity contribution in [3.05, 3.63) is 53.9 Å². The van der Waals surface area contributed by atoms with Gasteiger partial charge in [0.05, 0.1) is 5.56 Å². The molecule has 24 heavy (non-hydrogen) atoms. The van der Waals surface area contributed by atoms with Crippen molar-refractivity contribution in [3.8, 4) is 6.01 Å². The maximum Gasteiger partial charge on any atom is 0.316 e. The van der Waals surface area contributed by atoms with Crippen molar-refractivity contribution in [2.24, 2.45) is 0 Å². The highest BCUT2D eigenvalue weighted by Gasteiger charge is 2.25. The molecule has 1 N–H and O–H groups in total. The summed E-state index contributed by atoms with van der Waals surface area (Å²) >= 11 is 0. The number of nitrogens with zero attached hydrogens (tertiary/aromatic N) is 2. The first-order chi connectivity index (χ1) is 11.6. The highest BCUT2D eigenvalue weighted by molar-refractivity contribution is 5.94. The van der Waals surface area contributed by atoms with Gasteiger partial charge in [-0.3, -0.25) is 4.79 Å². The molecule has 0 unspecified atom stereocenters. The van der Waals surface area contributed by atoms with Crippen molar-refractivity contribution in [1.82, 2.24) is 15.3 Å². The van der Waals surface area contributed by atoms with Crippen LogP contribution in [0.4, 0.5) is 8.78 Å². The Labute approximate surface area is 138 Å². The van der Waals surface area contributed by atoms with Crippen LogP contribution in [-0.2, 0) is 0 Å². The lowest BCUT2D eigenvalue weighted by Gasteiger charge is -2.28. The minimum Gasteiger partial charge on any atom is -0.460 e. The smallest absolute Gasteiger partial charge is 0.316 e. The number of hydrogen-bond donors (Lipinski definition) is 1. The summed E-state index contributed by atoms with van der Waals surface area (Å²) in [7, 11) is 0. The first-order valence-corrected chi connectivity index (χ1v) is 7.81. The molecule has 0 aliphatic heterocycles. The molecule has 0 spiro atoms. The summed E-state index contributed by atoms with van der Waals surface area (Å²) in [5.41, 5.74) is -0.146. The van der Waals surface area contributed by atoms with Gasteiger partial charge in [-0.1, -0.05) is 0 Å². The van der Waals surface area contributed by atoms with Crippen LogP contribution in [0.5, 0.6) is 6.01 Å². The Hall–Kier alpha value is -2.57. The summed E-state index contributed by atoms with van der Waals surface area (Å²) < 4.78 is 32.2. The van der Waals surface area contributed by atoms with E-state index in [0.717, 1.165) is 25.0 Å².